The summed E-state index contributed by atoms with van der Waals surface area (Å²) in [6.07, 6.45) is -0.105. The number of halogens is 3. The predicted octanol–water partition coefficient (Wildman–Crippen LogP) is 3.95. The van der Waals surface area contributed by atoms with E-state index < -0.39 is 21.9 Å². The Balaban J connectivity index is 1.93. The molecule has 4 heterocycles. The molecule has 0 bridgehead atoms. The second kappa shape index (κ2) is 6.75. The molecule has 1 aliphatic rings. The molecule has 0 aliphatic carbocycles. The van der Waals surface area contributed by atoms with Gasteiger partial charge in [-0.3, -0.25) is 0 Å². The van der Waals surface area contributed by atoms with E-state index in [1.165, 1.54) is 12.3 Å². The van der Waals surface area contributed by atoms with Crippen molar-refractivity contribution in [3.8, 4) is 10.4 Å². The number of thiophene rings is 1. The van der Waals surface area contributed by atoms with E-state index in [-0.39, 0.29) is 15.2 Å². The third-order valence-electron chi connectivity index (χ3n) is 4.75. The lowest BCUT2D eigenvalue weighted by Crippen LogP contribution is -2.29. The minimum absolute atomic E-state index is 0.0142. The molecule has 1 saturated heterocycles. The van der Waals surface area contributed by atoms with Crippen molar-refractivity contribution >= 4 is 38.1 Å². The summed E-state index contributed by atoms with van der Waals surface area (Å²) < 4.78 is 63.2. The number of nitrogens with zero attached hydrogens (tertiary/aromatic N) is 2. The largest absolute Gasteiger partial charge is 0.431 e. The van der Waals surface area contributed by atoms with Crippen LogP contribution in [0, 0.1) is 0 Å². The molecule has 150 valence electrons. The van der Waals surface area contributed by atoms with Gasteiger partial charge in [0.15, 0.2) is 0 Å². The number of hydrogen-bond acceptors (Lipinski definition) is 5. The molecule has 0 aromatic carbocycles. The SMILES string of the molecule is NS(=O)(=O)c1cc(N2CCCCC2)c(-c2ccnc3[nH]c(C(F)(F)F)cc23)s1. The maximum absolute atomic E-state index is 13.1. The third-order valence-corrected chi connectivity index (χ3v) is 7.33. The molecule has 0 spiro atoms. The summed E-state index contributed by atoms with van der Waals surface area (Å²) in [5.41, 5.74) is 0.374. The maximum Gasteiger partial charge on any atom is 0.431 e. The van der Waals surface area contributed by atoms with E-state index in [0.29, 0.717) is 16.1 Å². The van der Waals surface area contributed by atoms with Gasteiger partial charge in [0, 0.05) is 30.2 Å². The number of fused-ring (bicyclic) bond motifs is 1. The molecular weight excluding hydrogens is 413 g/mol. The van der Waals surface area contributed by atoms with Gasteiger partial charge in [0.25, 0.3) is 0 Å². The standard InChI is InChI=1S/C17H17F3N4O2S2/c18-17(19,20)13-8-11-10(4-5-22-16(11)23-13)15-12(24-6-2-1-3-7-24)9-14(27-15)28(21,25)26/h4-5,8-9H,1-3,6-7H2,(H,22,23)(H2,21,25,26). The van der Waals surface area contributed by atoms with Gasteiger partial charge in [0.05, 0.1) is 10.6 Å². The number of rotatable bonds is 3. The first kappa shape index (κ1) is 19.2. The van der Waals surface area contributed by atoms with Crippen molar-refractivity contribution in [2.45, 2.75) is 29.6 Å². The molecule has 3 N–H and O–H groups in total. The Morgan fingerprint density at radius 2 is 1.89 bits per heavy atom. The molecule has 28 heavy (non-hydrogen) atoms. The number of nitrogens with two attached hydrogens (primary N) is 1. The number of piperidine rings is 1. The Bertz CT molecular complexity index is 1130. The smallest absolute Gasteiger partial charge is 0.370 e. The number of H-pyrrole nitrogens is 1. The van der Waals surface area contributed by atoms with Crippen LogP contribution in [0.25, 0.3) is 21.5 Å². The highest BCUT2D eigenvalue weighted by Gasteiger charge is 2.33. The van der Waals surface area contributed by atoms with Gasteiger partial charge in [-0.2, -0.15) is 13.2 Å². The molecule has 1 aliphatic heterocycles. The Hall–Kier alpha value is -2.11. The van der Waals surface area contributed by atoms with Crippen LogP contribution < -0.4 is 10.0 Å². The van der Waals surface area contributed by atoms with Crippen LogP contribution in [0.4, 0.5) is 18.9 Å². The number of hydrogen-bond donors (Lipinski definition) is 2. The van der Waals surface area contributed by atoms with Crippen molar-refractivity contribution in [2.75, 3.05) is 18.0 Å². The molecule has 3 aromatic heterocycles. The number of alkyl halides is 3. The summed E-state index contributed by atoms with van der Waals surface area (Å²) >= 11 is 0.967. The summed E-state index contributed by atoms with van der Waals surface area (Å²) in [6.45, 7) is 1.51. The summed E-state index contributed by atoms with van der Waals surface area (Å²) in [5, 5.41) is 5.61. The fourth-order valence-corrected chi connectivity index (χ4v) is 5.38. The molecule has 0 saturated carbocycles. The topological polar surface area (TPSA) is 92.1 Å². The summed E-state index contributed by atoms with van der Waals surface area (Å²) in [7, 11) is -3.93. The van der Waals surface area contributed by atoms with Gasteiger partial charge < -0.3 is 9.88 Å². The third kappa shape index (κ3) is 3.49. The molecule has 0 amide bonds. The fraction of sp³-hybridized carbons (Fsp3) is 0.353. The van der Waals surface area contributed by atoms with Gasteiger partial charge in [-0.05, 0) is 37.5 Å². The minimum Gasteiger partial charge on any atom is -0.370 e. The van der Waals surface area contributed by atoms with Crippen LogP contribution in [-0.2, 0) is 16.2 Å². The average molecular weight is 430 g/mol. The van der Waals surface area contributed by atoms with Gasteiger partial charge in [0.1, 0.15) is 15.6 Å². The highest BCUT2D eigenvalue weighted by Crippen LogP contribution is 2.44. The van der Waals surface area contributed by atoms with Crippen LogP contribution in [-0.4, -0.2) is 31.5 Å². The van der Waals surface area contributed by atoms with E-state index in [1.807, 2.05) is 0 Å². The maximum atomic E-state index is 13.1. The first-order valence-electron chi connectivity index (χ1n) is 8.61. The van der Waals surface area contributed by atoms with Crippen molar-refractivity contribution in [3.63, 3.8) is 0 Å². The highest BCUT2D eigenvalue weighted by molar-refractivity contribution is 7.91. The number of aromatic amines is 1. The number of aromatic nitrogens is 2. The van der Waals surface area contributed by atoms with Gasteiger partial charge in [0.2, 0.25) is 10.0 Å². The van der Waals surface area contributed by atoms with Crippen molar-refractivity contribution in [1.29, 1.82) is 0 Å². The Morgan fingerprint density at radius 1 is 1.18 bits per heavy atom. The van der Waals surface area contributed by atoms with E-state index in [4.69, 9.17) is 5.14 Å². The molecule has 6 nitrogen and oxygen atoms in total. The number of primary sulfonamides is 1. The second-order valence-corrected chi connectivity index (χ2v) is 9.51. The van der Waals surface area contributed by atoms with Crippen molar-refractivity contribution in [3.05, 3.63) is 30.1 Å². The van der Waals surface area contributed by atoms with E-state index in [1.54, 1.807) is 6.07 Å². The zero-order valence-electron chi connectivity index (χ0n) is 14.6. The molecular formula is C17H17F3N4O2S2. The first-order valence-corrected chi connectivity index (χ1v) is 11.0. The van der Waals surface area contributed by atoms with Crippen LogP contribution in [0.15, 0.2) is 28.6 Å². The van der Waals surface area contributed by atoms with Crippen molar-refractivity contribution < 1.29 is 21.6 Å². The summed E-state index contributed by atoms with van der Waals surface area (Å²) in [4.78, 5) is 8.92. The molecule has 4 rings (SSSR count). The van der Waals surface area contributed by atoms with E-state index in [2.05, 4.69) is 14.9 Å². The van der Waals surface area contributed by atoms with Gasteiger partial charge in [-0.15, -0.1) is 11.3 Å². The van der Waals surface area contributed by atoms with Crippen LogP contribution >= 0.6 is 11.3 Å². The van der Waals surface area contributed by atoms with Gasteiger partial charge >= 0.3 is 6.18 Å². The Kier molecular flexibility index (Phi) is 4.63. The zero-order valence-corrected chi connectivity index (χ0v) is 16.2. The fourth-order valence-electron chi connectivity index (χ4n) is 3.44. The van der Waals surface area contributed by atoms with Crippen molar-refractivity contribution in [2.24, 2.45) is 5.14 Å². The van der Waals surface area contributed by atoms with Gasteiger partial charge in [-0.1, -0.05) is 0 Å². The molecule has 1 fully saturated rings. The molecule has 0 radical (unpaired) electrons. The molecule has 11 heteroatoms. The Morgan fingerprint density at radius 3 is 2.54 bits per heavy atom. The van der Waals surface area contributed by atoms with E-state index in [0.717, 1.165) is 49.8 Å². The van der Waals surface area contributed by atoms with Crippen LogP contribution in [0.2, 0.25) is 0 Å². The zero-order chi connectivity index (χ0) is 20.1. The normalized spacial score (nSPS) is 16.1. The lowest BCUT2D eigenvalue weighted by molar-refractivity contribution is -0.140. The first-order chi connectivity index (χ1) is 13.1. The predicted molar refractivity (Wildman–Crippen MR) is 102 cm³/mol. The quantitative estimate of drug-likeness (QED) is 0.658. The van der Waals surface area contributed by atoms with Crippen LogP contribution in [0.3, 0.4) is 0 Å². The number of anilines is 1. The Labute approximate surface area is 163 Å². The average Bonchev–Trinajstić information content (AvgIpc) is 3.26. The van der Waals surface area contributed by atoms with Gasteiger partial charge in [-0.25, -0.2) is 18.5 Å². The number of pyridine rings is 1. The van der Waals surface area contributed by atoms with Crippen LogP contribution in [0.1, 0.15) is 25.0 Å². The summed E-state index contributed by atoms with van der Waals surface area (Å²) in [6, 6.07) is 4.13. The molecule has 3 aromatic rings. The second-order valence-electron chi connectivity index (χ2n) is 6.67. The highest BCUT2D eigenvalue weighted by atomic mass is 32.2. The van der Waals surface area contributed by atoms with Crippen molar-refractivity contribution in [1.82, 2.24) is 9.97 Å². The molecule has 0 atom stereocenters. The van der Waals surface area contributed by atoms with E-state index >= 15 is 0 Å². The number of sulfonamides is 1. The lowest BCUT2D eigenvalue weighted by Gasteiger charge is -2.29. The van der Waals surface area contributed by atoms with Crippen LogP contribution in [0.5, 0.6) is 0 Å². The monoisotopic (exact) mass is 430 g/mol. The minimum atomic E-state index is -4.53. The number of nitrogens with one attached hydrogen (secondary N) is 1. The summed E-state index contributed by atoms with van der Waals surface area (Å²) in [5.74, 6) is 0. The lowest BCUT2D eigenvalue weighted by atomic mass is 10.1. The molecule has 0 unspecified atom stereocenters. The van der Waals surface area contributed by atoms with E-state index in [9.17, 15) is 21.6 Å².